The first-order chi connectivity index (χ1) is 9.40. The molecule has 1 atom stereocenters. The van der Waals surface area contributed by atoms with Crippen molar-refractivity contribution in [3.05, 3.63) is 46.5 Å². The van der Waals surface area contributed by atoms with Crippen LogP contribution in [0.5, 0.6) is 5.75 Å². The van der Waals surface area contributed by atoms with Crippen LogP contribution in [0.1, 0.15) is 35.5 Å². The molecular weight excluding hydrogens is 257 g/mol. The Bertz CT molecular complexity index is 622. The van der Waals surface area contributed by atoms with Gasteiger partial charge in [0.2, 0.25) is 0 Å². The van der Waals surface area contributed by atoms with Crippen LogP contribution in [0.15, 0.2) is 18.2 Å². The molecule has 0 spiro atoms. The van der Waals surface area contributed by atoms with Gasteiger partial charge in [0, 0.05) is 42.5 Å². The molecule has 1 aromatic heterocycles. The minimum Gasteiger partial charge on any atom is -0.508 e. The minimum absolute atomic E-state index is 0.0580. The second-order valence-corrected chi connectivity index (χ2v) is 5.08. The molecule has 5 heteroatoms. The fourth-order valence-corrected chi connectivity index (χ4v) is 2.31. The number of hydrogen-bond donors (Lipinski definition) is 2. The molecule has 2 rings (SSSR count). The number of aromatic hydroxyl groups is 1. The van der Waals surface area contributed by atoms with E-state index in [-0.39, 0.29) is 11.8 Å². The number of nitrogens with zero attached hydrogens (tertiary/aromatic N) is 2. The molecule has 0 radical (unpaired) electrons. The fourth-order valence-electron chi connectivity index (χ4n) is 2.31. The molecule has 1 aromatic carbocycles. The normalized spacial score (nSPS) is 12.7. The van der Waals surface area contributed by atoms with Crippen molar-refractivity contribution in [2.24, 2.45) is 7.05 Å². The van der Waals surface area contributed by atoms with Gasteiger partial charge in [-0.2, -0.15) is 5.10 Å². The molecule has 0 amide bonds. The summed E-state index contributed by atoms with van der Waals surface area (Å²) in [5, 5.41) is 16.9. The molecule has 108 valence electrons. The second-order valence-electron chi connectivity index (χ2n) is 5.08. The highest BCUT2D eigenvalue weighted by molar-refractivity contribution is 5.30. The molecule has 1 unspecified atom stereocenters. The van der Waals surface area contributed by atoms with Gasteiger partial charge in [-0.3, -0.25) is 4.68 Å². The highest BCUT2D eigenvalue weighted by Gasteiger charge is 2.14. The number of nitrogens with one attached hydrogen (secondary N) is 1. The molecule has 2 N–H and O–H groups in total. The lowest BCUT2D eigenvalue weighted by Gasteiger charge is -2.15. The summed E-state index contributed by atoms with van der Waals surface area (Å²) < 4.78 is 15.6. The van der Waals surface area contributed by atoms with E-state index < -0.39 is 5.82 Å². The predicted molar refractivity (Wildman–Crippen MR) is 76.0 cm³/mol. The standard InChI is InChI=1S/C15H20FN3O/c1-9(13-6-5-12(20)7-15(13)16)17-8-14-10(2)18-19(4)11(14)3/h5-7,9,17,20H,8H2,1-4H3. The Morgan fingerprint density at radius 2 is 2.10 bits per heavy atom. The summed E-state index contributed by atoms with van der Waals surface area (Å²) in [6.07, 6.45) is 0. The number of phenolic OH excluding ortho intramolecular Hbond substituents is 1. The maximum atomic E-state index is 13.8. The predicted octanol–water partition coefficient (Wildman–Crippen LogP) is 2.73. The van der Waals surface area contributed by atoms with Crippen LogP contribution in [0.3, 0.4) is 0 Å². The van der Waals surface area contributed by atoms with E-state index in [0.717, 1.165) is 23.0 Å². The number of aryl methyl sites for hydroxylation is 2. The number of aromatic nitrogens is 2. The van der Waals surface area contributed by atoms with Gasteiger partial charge in [-0.05, 0) is 26.8 Å². The zero-order chi connectivity index (χ0) is 14.9. The molecule has 0 aliphatic rings. The Kier molecular flexibility index (Phi) is 4.09. The molecule has 2 aromatic rings. The highest BCUT2D eigenvalue weighted by Crippen LogP contribution is 2.22. The first-order valence-corrected chi connectivity index (χ1v) is 6.61. The first-order valence-electron chi connectivity index (χ1n) is 6.61. The molecule has 4 nitrogen and oxygen atoms in total. The molecule has 0 saturated heterocycles. The first kappa shape index (κ1) is 14.5. The third kappa shape index (κ3) is 2.82. The number of halogens is 1. The summed E-state index contributed by atoms with van der Waals surface area (Å²) in [6, 6.07) is 4.09. The Hall–Kier alpha value is -1.88. The van der Waals surface area contributed by atoms with Crippen LogP contribution in [0.25, 0.3) is 0 Å². The molecule has 0 aliphatic heterocycles. The van der Waals surface area contributed by atoms with E-state index in [1.807, 2.05) is 32.5 Å². The van der Waals surface area contributed by atoms with Crippen molar-refractivity contribution in [1.29, 1.82) is 0 Å². The van der Waals surface area contributed by atoms with E-state index in [9.17, 15) is 9.50 Å². The van der Waals surface area contributed by atoms with Gasteiger partial charge in [0.1, 0.15) is 11.6 Å². The van der Waals surface area contributed by atoms with E-state index in [1.165, 1.54) is 6.07 Å². The lowest BCUT2D eigenvalue weighted by molar-refractivity contribution is 0.463. The van der Waals surface area contributed by atoms with Crippen LogP contribution in [-0.2, 0) is 13.6 Å². The molecule has 0 saturated carbocycles. The van der Waals surface area contributed by atoms with Crippen LogP contribution < -0.4 is 5.32 Å². The number of phenols is 1. The maximum absolute atomic E-state index is 13.8. The summed E-state index contributed by atoms with van der Waals surface area (Å²) >= 11 is 0. The van der Waals surface area contributed by atoms with E-state index in [4.69, 9.17) is 0 Å². The number of hydrogen-bond acceptors (Lipinski definition) is 3. The van der Waals surface area contributed by atoms with E-state index in [1.54, 1.807) is 6.07 Å². The molecule has 0 aliphatic carbocycles. The quantitative estimate of drug-likeness (QED) is 0.903. The summed E-state index contributed by atoms with van der Waals surface area (Å²) in [5.41, 5.74) is 3.77. The average Bonchev–Trinajstić information content (AvgIpc) is 2.61. The summed E-state index contributed by atoms with van der Waals surface area (Å²) in [6.45, 7) is 6.52. The van der Waals surface area contributed by atoms with Gasteiger partial charge >= 0.3 is 0 Å². The number of benzene rings is 1. The van der Waals surface area contributed by atoms with Gasteiger partial charge in [-0.25, -0.2) is 4.39 Å². The Morgan fingerprint density at radius 1 is 1.40 bits per heavy atom. The molecular formula is C15H20FN3O. The Morgan fingerprint density at radius 3 is 2.65 bits per heavy atom. The lowest BCUT2D eigenvalue weighted by Crippen LogP contribution is -2.19. The smallest absolute Gasteiger partial charge is 0.131 e. The summed E-state index contributed by atoms with van der Waals surface area (Å²) in [5.74, 6) is -0.456. The van der Waals surface area contributed by atoms with Crippen molar-refractivity contribution < 1.29 is 9.50 Å². The third-order valence-corrected chi connectivity index (χ3v) is 3.69. The van der Waals surface area contributed by atoms with Gasteiger partial charge in [0.15, 0.2) is 0 Å². The van der Waals surface area contributed by atoms with Gasteiger partial charge in [0.25, 0.3) is 0 Å². The number of rotatable bonds is 4. The molecule has 1 heterocycles. The van der Waals surface area contributed by atoms with Crippen LogP contribution in [-0.4, -0.2) is 14.9 Å². The van der Waals surface area contributed by atoms with Crippen LogP contribution >= 0.6 is 0 Å². The van der Waals surface area contributed by atoms with Crippen molar-refractivity contribution in [2.75, 3.05) is 0 Å². The second kappa shape index (κ2) is 5.63. The largest absolute Gasteiger partial charge is 0.508 e. The zero-order valence-electron chi connectivity index (χ0n) is 12.2. The van der Waals surface area contributed by atoms with Crippen molar-refractivity contribution in [3.8, 4) is 5.75 Å². The van der Waals surface area contributed by atoms with Crippen LogP contribution in [0.2, 0.25) is 0 Å². The maximum Gasteiger partial charge on any atom is 0.131 e. The Balaban J connectivity index is 2.10. The van der Waals surface area contributed by atoms with Gasteiger partial charge in [0.05, 0.1) is 5.69 Å². The zero-order valence-corrected chi connectivity index (χ0v) is 12.2. The lowest BCUT2D eigenvalue weighted by atomic mass is 10.1. The monoisotopic (exact) mass is 277 g/mol. The van der Waals surface area contributed by atoms with Gasteiger partial charge < -0.3 is 10.4 Å². The van der Waals surface area contributed by atoms with Gasteiger partial charge in [-0.15, -0.1) is 0 Å². The van der Waals surface area contributed by atoms with Crippen molar-refractivity contribution >= 4 is 0 Å². The summed E-state index contributed by atoms with van der Waals surface area (Å²) in [7, 11) is 1.91. The molecule has 0 fully saturated rings. The fraction of sp³-hybridized carbons (Fsp3) is 0.400. The van der Waals surface area contributed by atoms with Crippen molar-refractivity contribution in [3.63, 3.8) is 0 Å². The molecule has 20 heavy (non-hydrogen) atoms. The SMILES string of the molecule is Cc1nn(C)c(C)c1CNC(C)c1ccc(O)cc1F. The van der Waals surface area contributed by atoms with Crippen LogP contribution in [0.4, 0.5) is 4.39 Å². The van der Waals surface area contributed by atoms with Crippen LogP contribution in [0, 0.1) is 19.7 Å². The average molecular weight is 277 g/mol. The summed E-state index contributed by atoms with van der Waals surface area (Å²) in [4.78, 5) is 0. The van der Waals surface area contributed by atoms with Gasteiger partial charge in [-0.1, -0.05) is 6.07 Å². The third-order valence-electron chi connectivity index (χ3n) is 3.69. The van der Waals surface area contributed by atoms with E-state index in [0.29, 0.717) is 12.1 Å². The van der Waals surface area contributed by atoms with E-state index >= 15 is 0 Å². The van der Waals surface area contributed by atoms with Crippen molar-refractivity contribution in [1.82, 2.24) is 15.1 Å². The highest BCUT2D eigenvalue weighted by atomic mass is 19.1. The Labute approximate surface area is 118 Å². The van der Waals surface area contributed by atoms with Crippen molar-refractivity contribution in [2.45, 2.75) is 33.4 Å². The topological polar surface area (TPSA) is 50.1 Å². The molecule has 0 bridgehead atoms. The van der Waals surface area contributed by atoms with E-state index in [2.05, 4.69) is 10.4 Å². The minimum atomic E-state index is -0.398.